The van der Waals surface area contributed by atoms with Gasteiger partial charge < -0.3 is 5.32 Å². The average molecular weight is 424 g/mol. The molecule has 1 amide bonds. The lowest BCUT2D eigenvalue weighted by atomic mass is 10.1. The first-order chi connectivity index (χ1) is 12.8. The molecule has 1 aromatic carbocycles. The maximum Gasteiger partial charge on any atom is 0.262 e. The van der Waals surface area contributed by atoms with Crippen molar-refractivity contribution < 1.29 is 4.79 Å². The van der Waals surface area contributed by atoms with Crippen molar-refractivity contribution in [2.45, 2.75) is 39.8 Å². The zero-order valence-electron chi connectivity index (χ0n) is 15.2. The monoisotopic (exact) mass is 423 g/mol. The van der Waals surface area contributed by atoms with Gasteiger partial charge in [0.1, 0.15) is 4.83 Å². The van der Waals surface area contributed by atoms with E-state index in [1.807, 2.05) is 20.8 Å². The van der Waals surface area contributed by atoms with Gasteiger partial charge in [0.25, 0.3) is 5.56 Å². The zero-order valence-corrected chi connectivity index (χ0v) is 17.5. The van der Waals surface area contributed by atoms with Crippen LogP contribution in [0.5, 0.6) is 0 Å². The Morgan fingerprint density at radius 1 is 1.33 bits per heavy atom. The second-order valence-electron chi connectivity index (χ2n) is 6.41. The second-order valence-corrected chi connectivity index (χ2v) is 8.46. The summed E-state index contributed by atoms with van der Waals surface area (Å²) in [6, 6.07) is 4.91. The number of aryl methyl sites for hydroxylation is 3. The van der Waals surface area contributed by atoms with Crippen molar-refractivity contribution in [2.75, 3.05) is 0 Å². The number of aromatic nitrogens is 2. The third kappa shape index (κ3) is 4.18. The van der Waals surface area contributed by atoms with Gasteiger partial charge in [0.05, 0.1) is 17.8 Å². The molecule has 27 heavy (non-hydrogen) atoms. The van der Waals surface area contributed by atoms with Crippen LogP contribution >= 0.6 is 34.5 Å². The molecule has 0 aliphatic heterocycles. The van der Waals surface area contributed by atoms with Gasteiger partial charge in [-0.1, -0.05) is 29.3 Å². The minimum Gasteiger partial charge on any atom is -0.349 e. The smallest absolute Gasteiger partial charge is 0.262 e. The minimum absolute atomic E-state index is 0.108. The van der Waals surface area contributed by atoms with E-state index in [1.165, 1.54) is 22.2 Å². The van der Waals surface area contributed by atoms with Gasteiger partial charge >= 0.3 is 0 Å². The van der Waals surface area contributed by atoms with E-state index in [0.717, 1.165) is 20.8 Å². The first-order valence-electron chi connectivity index (χ1n) is 8.47. The molecule has 0 aliphatic carbocycles. The van der Waals surface area contributed by atoms with Crippen molar-refractivity contribution in [3.05, 3.63) is 60.9 Å². The molecule has 2 heterocycles. The number of nitrogens with one attached hydrogen (secondary N) is 1. The van der Waals surface area contributed by atoms with E-state index >= 15 is 0 Å². The van der Waals surface area contributed by atoms with Crippen LogP contribution in [0.2, 0.25) is 10.0 Å². The summed E-state index contributed by atoms with van der Waals surface area (Å²) in [6.45, 7) is 6.02. The van der Waals surface area contributed by atoms with Crippen LogP contribution in [0.1, 0.15) is 35.4 Å². The lowest BCUT2D eigenvalue weighted by molar-refractivity contribution is -0.121. The largest absolute Gasteiger partial charge is 0.349 e. The van der Waals surface area contributed by atoms with Crippen molar-refractivity contribution >= 4 is 50.7 Å². The Kier molecular flexibility index (Phi) is 5.89. The Morgan fingerprint density at radius 2 is 2.07 bits per heavy atom. The Bertz CT molecular complexity index is 1070. The van der Waals surface area contributed by atoms with Gasteiger partial charge in [0.2, 0.25) is 5.91 Å². The number of benzene rings is 1. The molecule has 0 radical (unpaired) electrons. The van der Waals surface area contributed by atoms with Gasteiger partial charge in [-0.2, -0.15) is 0 Å². The van der Waals surface area contributed by atoms with Gasteiger partial charge in [-0.3, -0.25) is 14.2 Å². The van der Waals surface area contributed by atoms with Crippen molar-refractivity contribution in [3.8, 4) is 0 Å². The summed E-state index contributed by atoms with van der Waals surface area (Å²) in [4.78, 5) is 31.1. The lowest BCUT2D eigenvalue weighted by Gasteiger charge is -2.16. The summed E-state index contributed by atoms with van der Waals surface area (Å²) in [5.41, 5.74) is 1.64. The minimum atomic E-state index is -0.263. The van der Waals surface area contributed by atoms with Crippen molar-refractivity contribution in [1.29, 1.82) is 0 Å². The van der Waals surface area contributed by atoms with Gasteiger partial charge in [0, 0.05) is 27.9 Å². The van der Waals surface area contributed by atoms with E-state index in [2.05, 4.69) is 10.3 Å². The molecule has 1 atom stereocenters. The molecule has 0 bridgehead atoms. The maximum absolute atomic E-state index is 12.7. The third-order valence-electron chi connectivity index (χ3n) is 4.54. The normalized spacial score (nSPS) is 12.3. The number of carbonyl (C=O) groups excluding carboxylic acids is 1. The van der Waals surface area contributed by atoms with Crippen LogP contribution in [0.25, 0.3) is 10.2 Å². The molecule has 142 valence electrons. The number of halogens is 2. The SMILES string of the molecule is Cc1sc2ncn(CCC(=O)NC(C)c3ccc(Cl)cc3Cl)c(=O)c2c1C. The molecule has 0 saturated carbocycles. The molecule has 3 rings (SSSR count). The fourth-order valence-corrected chi connectivity index (χ4v) is 4.45. The molecule has 0 saturated heterocycles. The number of rotatable bonds is 5. The fraction of sp³-hybridized carbons (Fsp3) is 0.316. The summed E-state index contributed by atoms with van der Waals surface area (Å²) in [5.74, 6) is -0.168. The van der Waals surface area contributed by atoms with Crippen molar-refractivity contribution in [2.24, 2.45) is 0 Å². The van der Waals surface area contributed by atoms with Crippen LogP contribution in [0, 0.1) is 13.8 Å². The van der Waals surface area contributed by atoms with Crippen LogP contribution in [-0.2, 0) is 11.3 Å². The van der Waals surface area contributed by atoms with Gasteiger partial charge in [-0.05, 0) is 44.0 Å². The maximum atomic E-state index is 12.7. The van der Waals surface area contributed by atoms with Gasteiger partial charge in [-0.25, -0.2) is 4.98 Å². The lowest BCUT2D eigenvalue weighted by Crippen LogP contribution is -2.29. The Hall–Kier alpha value is -1.89. The molecule has 5 nitrogen and oxygen atoms in total. The highest BCUT2D eigenvalue weighted by Gasteiger charge is 2.15. The molecule has 0 aliphatic rings. The van der Waals surface area contributed by atoms with Crippen LogP contribution < -0.4 is 10.9 Å². The highest BCUT2D eigenvalue weighted by atomic mass is 35.5. The fourth-order valence-electron chi connectivity index (χ4n) is 2.90. The summed E-state index contributed by atoms with van der Waals surface area (Å²) < 4.78 is 1.49. The van der Waals surface area contributed by atoms with E-state index in [4.69, 9.17) is 23.2 Å². The summed E-state index contributed by atoms with van der Waals surface area (Å²) >= 11 is 13.6. The third-order valence-corrected chi connectivity index (χ3v) is 6.22. The predicted octanol–water partition coefficient (Wildman–Crippen LogP) is 4.65. The number of nitrogens with zero attached hydrogens (tertiary/aromatic N) is 2. The number of thiophene rings is 1. The summed E-state index contributed by atoms with van der Waals surface area (Å²) in [5, 5.41) is 4.59. The van der Waals surface area contributed by atoms with Gasteiger partial charge in [0.15, 0.2) is 0 Å². The number of carbonyl (C=O) groups is 1. The van der Waals surface area contributed by atoms with Crippen LogP contribution in [-0.4, -0.2) is 15.5 Å². The van der Waals surface area contributed by atoms with E-state index in [9.17, 15) is 9.59 Å². The van der Waals surface area contributed by atoms with Gasteiger partial charge in [-0.15, -0.1) is 11.3 Å². The summed E-state index contributed by atoms with van der Waals surface area (Å²) in [6.07, 6.45) is 1.68. The molecular formula is C19H19Cl2N3O2S. The van der Waals surface area contributed by atoms with Crippen LogP contribution in [0.3, 0.4) is 0 Å². The summed E-state index contributed by atoms with van der Waals surface area (Å²) in [7, 11) is 0. The first kappa shape index (κ1) is 19.9. The highest BCUT2D eigenvalue weighted by Crippen LogP contribution is 2.26. The Morgan fingerprint density at radius 3 is 2.78 bits per heavy atom. The standard InChI is InChI=1S/C19H19Cl2N3O2S/c1-10-12(3)27-18-17(10)19(26)24(9-22-18)7-6-16(25)23-11(2)14-5-4-13(20)8-15(14)21/h4-5,8-9,11H,6-7H2,1-3H3,(H,23,25). The highest BCUT2D eigenvalue weighted by molar-refractivity contribution is 7.18. The van der Waals surface area contributed by atoms with Crippen molar-refractivity contribution in [3.63, 3.8) is 0 Å². The van der Waals surface area contributed by atoms with Crippen LogP contribution in [0.4, 0.5) is 0 Å². The topological polar surface area (TPSA) is 64.0 Å². The number of hydrogen-bond donors (Lipinski definition) is 1. The van der Waals surface area contributed by atoms with Crippen molar-refractivity contribution in [1.82, 2.24) is 14.9 Å². The molecule has 8 heteroatoms. The first-order valence-corrected chi connectivity index (χ1v) is 10.0. The number of fused-ring (bicyclic) bond motifs is 1. The van der Waals surface area contributed by atoms with E-state index in [0.29, 0.717) is 15.4 Å². The molecule has 1 unspecified atom stereocenters. The zero-order chi connectivity index (χ0) is 19.7. The molecule has 0 fully saturated rings. The predicted molar refractivity (Wildman–Crippen MR) is 111 cm³/mol. The molecule has 2 aromatic heterocycles. The number of amides is 1. The average Bonchev–Trinajstić information content (AvgIpc) is 2.89. The second kappa shape index (κ2) is 8.00. The molecule has 0 spiro atoms. The quantitative estimate of drug-likeness (QED) is 0.649. The Balaban J connectivity index is 1.69. The van der Waals surface area contributed by atoms with Crippen LogP contribution in [0.15, 0.2) is 29.3 Å². The molecular weight excluding hydrogens is 405 g/mol. The van der Waals surface area contributed by atoms with E-state index < -0.39 is 0 Å². The Labute approximate surface area is 170 Å². The number of hydrogen-bond acceptors (Lipinski definition) is 4. The molecule has 1 N–H and O–H groups in total. The molecule has 3 aromatic rings. The van der Waals surface area contributed by atoms with E-state index in [-0.39, 0.29) is 30.5 Å². The van der Waals surface area contributed by atoms with E-state index in [1.54, 1.807) is 18.2 Å².